The number of methoxy groups -OCH3 is 1. The van der Waals surface area contributed by atoms with Crippen LogP contribution in [0.3, 0.4) is 0 Å². The van der Waals surface area contributed by atoms with Gasteiger partial charge in [0.15, 0.2) is 0 Å². The number of carbonyl (C=O) groups excluding carboxylic acids is 2. The summed E-state index contributed by atoms with van der Waals surface area (Å²) in [4.78, 5) is 53.9. The van der Waals surface area contributed by atoms with Gasteiger partial charge in [0.05, 0.1) is 19.2 Å². The average molecular weight is 480 g/mol. The molecule has 0 radical (unpaired) electrons. The smallest absolute Gasteiger partial charge is 0.337 e. The fraction of sp³-hybridized carbons (Fsp3) is 0.280. The van der Waals surface area contributed by atoms with Crippen LogP contribution in [0.2, 0.25) is 0 Å². The van der Waals surface area contributed by atoms with E-state index in [1.165, 1.54) is 22.6 Å². The number of nitrogens with zero attached hydrogens (tertiary/aromatic N) is 2. The number of benzene rings is 2. The number of rotatable bonds is 10. The van der Waals surface area contributed by atoms with Gasteiger partial charge in [-0.05, 0) is 30.2 Å². The molecule has 2 aromatic carbocycles. The number of anilines is 3. The first-order chi connectivity index (χ1) is 16.8. The Hall–Kier alpha value is -4.34. The van der Waals surface area contributed by atoms with E-state index in [9.17, 15) is 19.2 Å². The zero-order chi connectivity index (χ0) is 25.4. The number of nitrogens with two attached hydrogens (primary N) is 1. The van der Waals surface area contributed by atoms with Crippen LogP contribution in [0.5, 0.6) is 0 Å². The minimum atomic E-state index is -0.670. The molecule has 3 aromatic rings. The number of nitrogens with one attached hydrogen (secondary N) is 2. The van der Waals surface area contributed by atoms with E-state index in [4.69, 9.17) is 10.5 Å². The van der Waals surface area contributed by atoms with Crippen LogP contribution in [-0.4, -0.2) is 35.1 Å². The zero-order valence-electron chi connectivity index (χ0n) is 19.7. The molecule has 1 amide bonds. The monoisotopic (exact) mass is 479 g/mol. The third-order valence-corrected chi connectivity index (χ3v) is 5.38. The van der Waals surface area contributed by atoms with Crippen LogP contribution in [0.1, 0.15) is 35.7 Å². The van der Waals surface area contributed by atoms with Crippen LogP contribution in [0.25, 0.3) is 0 Å². The Morgan fingerprint density at radius 2 is 1.86 bits per heavy atom. The van der Waals surface area contributed by atoms with Crippen molar-refractivity contribution in [3.8, 4) is 0 Å². The molecule has 0 saturated carbocycles. The van der Waals surface area contributed by atoms with Crippen LogP contribution in [0.15, 0.2) is 64.2 Å². The SMILES string of the molecule is CCCCn1c(N)c(N(CC(=O)Nc2cccc(C(=O)OC)c2)Cc2ccccc2)c(=O)[nH]c1=O. The molecule has 4 N–H and O–H groups in total. The number of hydrogen-bond donors (Lipinski definition) is 3. The van der Waals surface area contributed by atoms with E-state index in [1.807, 2.05) is 37.3 Å². The summed E-state index contributed by atoms with van der Waals surface area (Å²) < 4.78 is 6.04. The number of H-pyrrole nitrogens is 1. The number of ether oxygens (including phenoxy) is 1. The largest absolute Gasteiger partial charge is 0.465 e. The van der Waals surface area contributed by atoms with Gasteiger partial charge in [-0.15, -0.1) is 0 Å². The fourth-order valence-electron chi connectivity index (χ4n) is 3.65. The number of carbonyl (C=O) groups is 2. The van der Waals surface area contributed by atoms with Crippen molar-refractivity contribution in [3.63, 3.8) is 0 Å². The average Bonchev–Trinajstić information content (AvgIpc) is 2.84. The van der Waals surface area contributed by atoms with E-state index in [0.29, 0.717) is 18.7 Å². The highest BCUT2D eigenvalue weighted by Gasteiger charge is 2.22. The topological polar surface area (TPSA) is 140 Å². The molecule has 0 spiro atoms. The summed E-state index contributed by atoms with van der Waals surface area (Å²) in [6, 6.07) is 15.6. The van der Waals surface area contributed by atoms with E-state index in [1.54, 1.807) is 18.2 Å². The highest BCUT2D eigenvalue weighted by molar-refractivity contribution is 5.96. The number of hydrogen-bond acceptors (Lipinski definition) is 7. The van der Waals surface area contributed by atoms with Crippen molar-refractivity contribution in [3.05, 3.63) is 86.6 Å². The van der Waals surface area contributed by atoms with E-state index >= 15 is 0 Å². The first kappa shape index (κ1) is 25.3. The normalized spacial score (nSPS) is 10.6. The predicted octanol–water partition coefficient (Wildman–Crippen LogP) is 2.35. The molecule has 10 heteroatoms. The molecule has 184 valence electrons. The van der Waals surface area contributed by atoms with Crippen molar-refractivity contribution in [1.82, 2.24) is 9.55 Å². The molecule has 3 rings (SSSR count). The maximum atomic E-state index is 13.0. The fourth-order valence-corrected chi connectivity index (χ4v) is 3.65. The number of aromatic nitrogens is 2. The quantitative estimate of drug-likeness (QED) is 0.379. The van der Waals surface area contributed by atoms with Gasteiger partial charge < -0.3 is 20.7 Å². The lowest BCUT2D eigenvalue weighted by atomic mass is 10.2. The first-order valence-corrected chi connectivity index (χ1v) is 11.2. The predicted molar refractivity (Wildman–Crippen MR) is 135 cm³/mol. The number of nitrogen functional groups attached to an aromatic ring is 1. The van der Waals surface area contributed by atoms with Crippen LogP contribution >= 0.6 is 0 Å². The Bertz CT molecular complexity index is 1300. The molecular weight excluding hydrogens is 450 g/mol. The number of amides is 1. The van der Waals surface area contributed by atoms with E-state index in [-0.39, 0.29) is 30.2 Å². The minimum absolute atomic E-state index is 0.00335. The second-order valence-electron chi connectivity index (χ2n) is 7.96. The van der Waals surface area contributed by atoms with Gasteiger partial charge in [-0.25, -0.2) is 9.59 Å². The van der Waals surface area contributed by atoms with E-state index < -0.39 is 23.1 Å². The van der Waals surface area contributed by atoms with E-state index in [2.05, 4.69) is 10.3 Å². The summed E-state index contributed by atoms with van der Waals surface area (Å²) in [7, 11) is 1.27. The Balaban J connectivity index is 1.94. The molecule has 0 aliphatic rings. The number of aromatic amines is 1. The molecule has 0 saturated heterocycles. The molecular formula is C25H29N5O5. The molecule has 35 heavy (non-hydrogen) atoms. The summed E-state index contributed by atoms with van der Waals surface area (Å²) in [5.74, 6) is -0.961. The highest BCUT2D eigenvalue weighted by atomic mass is 16.5. The maximum absolute atomic E-state index is 13.0. The number of esters is 1. The summed E-state index contributed by atoms with van der Waals surface area (Å²) >= 11 is 0. The molecule has 1 aromatic heterocycles. The van der Waals surface area contributed by atoms with Gasteiger partial charge in [0.1, 0.15) is 11.5 Å². The molecule has 0 aliphatic heterocycles. The Kier molecular flexibility index (Phi) is 8.44. The van der Waals surface area contributed by atoms with Gasteiger partial charge in [0, 0.05) is 18.8 Å². The van der Waals surface area contributed by atoms with Crippen molar-refractivity contribution in [2.75, 3.05) is 29.6 Å². The lowest BCUT2D eigenvalue weighted by molar-refractivity contribution is -0.115. The molecule has 0 bridgehead atoms. The van der Waals surface area contributed by atoms with Crippen LogP contribution < -0.4 is 27.2 Å². The molecule has 10 nitrogen and oxygen atoms in total. The van der Waals surface area contributed by atoms with Gasteiger partial charge in [0.2, 0.25) is 5.91 Å². The minimum Gasteiger partial charge on any atom is -0.465 e. The number of unbranched alkanes of at least 4 members (excludes halogenated alkanes) is 1. The third kappa shape index (κ3) is 6.38. The Morgan fingerprint density at radius 3 is 2.54 bits per heavy atom. The lowest BCUT2D eigenvalue weighted by Gasteiger charge is -2.26. The maximum Gasteiger partial charge on any atom is 0.337 e. The highest BCUT2D eigenvalue weighted by Crippen LogP contribution is 2.20. The van der Waals surface area contributed by atoms with Gasteiger partial charge in [-0.1, -0.05) is 49.7 Å². The Morgan fingerprint density at radius 1 is 1.11 bits per heavy atom. The van der Waals surface area contributed by atoms with Gasteiger partial charge in [0.25, 0.3) is 5.56 Å². The first-order valence-electron chi connectivity index (χ1n) is 11.2. The van der Waals surface area contributed by atoms with Crippen LogP contribution in [-0.2, 0) is 22.6 Å². The van der Waals surface area contributed by atoms with Crippen LogP contribution in [0, 0.1) is 0 Å². The van der Waals surface area contributed by atoms with Crippen molar-refractivity contribution >= 4 is 29.1 Å². The summed E-state index contributed by atoms with van der Waals surface area (Å²) in [6.45, 7) is 2.30. The molecule has 0 atom stereocenters. The van der Waals surface area contributed by atoms with Crippen molar-refractivity contribution in [2.24, 2.45) is 0 Å². The Labute approximate surface area is 202 Å². The van der Waals surface area contributed by atoms with Gasteiger partial charge in [-0.3, -0.25) is 19.1 Å². The van der Waals surface area contributed by atoms with Crippen molar-refractivity contribution in [2.45, 2.75) is 32.9 Å². The molecule has 0 aliphatic carbocycles. The summed E-state index contributed by atoms with van der Waals surface area (Å²) in [6.07, 6.45) is 1.53. The van der Waals surface area contributed by atoms with Crippen LogP contribution in [0.4, 0.5) is 17.2 Å². The van der Waals surface area contributed by atoms with E-state index in [0.717, 1.165) is 12.0 Å². The van der Waals surface area contributed by atoms with Gasteiger partial charge >= 0.3 is 11.7 Å². The molecule has 0 unspecified atom stereocenters. The van der Waals surface area contributed by atoms with Crippen molar-refractivity contribution < 1.29 is 14.3 Å². The molecule has 1 heterocycles. The molecule has 0 fully saturated rings. The summed E-state index contributed by atoms with van der Waals surface area (Å²) in [5.41, 5.74) is 6.61. The van der Waals surface area contributed by atoms with Gasteiger partial charge in [-0.2, -0.15) is 0 Å². The standard InChI is InChI=1S/C25H29N5O5/c1-3-4-13-30-22(26)21(23(32)28-25(30)34)29(15-17-9-6-5-7-10-17)16-20(31)27-19-12-8-11-18(14-19)24(33)35-2/h5-12,14H,3-4,13,15-16,26H2,1-2H3,(H,27,31)(H,28,32,34). The second kappa shape index (κ2) is 11.7. The third-order valence-electron chi connectivity index (χ3n) is 5.38. The van der Waals surface area contributed by atoms with Crippen molar-refractivity contribution in [1.29, 1.82) is 0 Å². The lowest BCUT2D eigenvalue weighted by Crippen LogP contribution is -2.41. The zero-order valence-corrected chi connectivity index (χ0v) is 19.7. The summed E-state index contributed by atoms with van der Waals surface area (Å²) in [5, 5.41) is 2.74. The second-order valence-corrected chi connectivity index (χ2v) is 7.96.